The largest absolute Gasteiger partial charge is 0.492 e. The van der Waals surface area contributed by atoms with Gasteiger partial charge in [0, 0.05) is 14.2 Å². The Morgan fingerprint density at radius 2 is 2.16 bits per heavy atom. The lowest BCUT2D eigenvalue weighted by Crippen LogP contribution is -2.23. The van der Waals surface area contributed by atoms with Gasteiger partial charge in [0.15, 0.2) is 5.75 Å². The van der Waals surface area contributed by atoms with Gasteiger partial charge in [-0.2, -0.15) is 0 Å². The molecule has 0 saturated heterocycles. The summed E-state index contributed by atoms with van der Waals surface area (Å²) in [6.45, 7) is 2.63. The third-order valence-corrected chi connectivity index (χ3v) is 3.85. The number of nitrogen functional groups attached to an aromatic ring is 1. The van der Waals surface area contributed by atoms with Crippen LogP contribution >= 0.6 is 11.3 Å². The fourth-order valence-corrected chi connectivity index (χ4v) is 2.77. The molecule has 0 fully saturated rings. The molecule has 1 aromatic heterocycles. The quantitative estimate of drug-likeness (QED) is 0.708. The van der Waals surface area contributed by atoms with Crippen molar-refractivity contribution in [3.8, 4) is 5.75 Å². The van der Waals surface area contributed by atoms with Gasteiger partial charge < -0.3 is 25.8 Å². The highest BCUT2D eigenvalue weighted by atomic mass is 32.1. The summed E-state index contributed by atoms with van der Waals surface area (Å²) in [6.07, 6.45) is 0.893. The van der Waals surface area contributed by atoms with Gasteiger partial charge in [0.25, 0.3) is 5.91 Å². The second-order valence-electron chi connectivity index (χ2n) is 3.99. The van der Waals surface area contributed by atoms with Crippen LogP contribution in [-0.2, 0) is 4.74 Å². The zero-order chi connectivity index (χ0) is 14.4. The van der Waals surface area contributed by atoms with Crippen molar-refractivity contribution in [2.45, 2.75) is 19.4 Å². The third kappa shape index (κ3) is 3.51. The number of hydrogen-bond donors (Lipinski definition) is 3. The molecule has 1 atom stereocenters. The van der Waals surface area contributed by atoms with E-state index in [1.54, 1.807) is 14.2 Å². The number of methoxy groups -OCH3 is 2. The molecular formula is C12H21N3O3S. The number of carbonyl (C=O) groups excluding carboxylic acids is 1. The fraction of sp³-hybridized carbons (Fsp3) is 0.583. The maximum absolute atomic E-state index is 11.7. The molecule has 0 bridgehead atoms. The summed E-state index contributed by atoms with van der Waals surface area (Å²) in [6, 6.07) is 0.148. The van der Waals surface area contributed by atoms with Crippen molar-refractivity contribution in [3.63, 3.8) is 0 Å². The molecule has 1 heterocycles. The van der Waals surface area contributed by atoms with Gasteiger partial charge in [-0.05, 0) is 6.42 Å². The predicted octanol–water partition coefficient (Wildman–Crippen LogP) is 1.54. The number of anilines is 2. The van der Waals surface area contributed by atoms with Gasteiger partial charge >= 0.3 is 0 Å². The summed E-state index contributed by atoms with van der Waals surface area (Å²) < 4.78 is 10.4. The molecule has 108 valence electrons. The van der Waals surface area contributed by atoms with Crippen molar-refractivity contribution in [1.82, 2.24) is 5.32 Å². The number of thiophene rings is 1. The maximum atomic E-state index is 11.7. The SMILES string of the molecule is CCC(COC)Nc1sc(C(=O)NC)c(N)c1OC. The van der Waals surface area contributed by atoms with Gasteiger partial charge in [-0.15, -0.1) is 11.3 Å². The first kappa shape index (κ1) is 15.6. The normalized spacial score (nSPS) is 12.0. The number of rotatable bonds is 7. The Kier molecular flexibility index (Phi) is 5.91. The van der Waals surface area contributed by atoms with E-state index in [0.717, 1.165) is 11.4 Å². The molecule has 0 aromatic carbocycles. The first-order chi connectivity index (χ1) is 9.08. The van der Waals surface area contributed by atoms with Crippen molar-refractivity contribution in [2.24, 2.45) is 0 Å². The number of nitrogens with one attached hydrogen (secondary N) is 2. The smallest absolute Gasteiger partial charge is 0.263 e. The predicted molar refractivity (Wildman–Crippen MR) is 78.3 cm³/mol. The van der Waals surface area contributed by atoms with E-state index in [2.05, 4.69) is 17.6 Å². The fourth-order valence-electron chi connectivity index (χ4n) is 1.66. The van der Waals surface area contributed by atoms with Crippen LogP contribution in [0.15, 0.2) is 0 Å². The number of amides is 1. The Labute approximate surface area is 117 Å². The Morgan fingerprint density at radius 1 is 1.47 bits per heavy atom. The van der Waals surface area contributed by atoms with Crippen LogP contribution in [0.5, 0.6) is 5.75 Å². The van der Waals surface area contributed by atoms with E-state index >= 15 is 0 Å². The molecule has 0 radical (unpaired) electrons. The van der Waals surface area contributed by atoms with E-state index in [1.165, 1.54) is 18.4 Å². The molecule has 19 heavy (non-hydrogen) atoms. The van der Waals surface area contributed by atoms with Crippen molar-refractivity contribution in [3.05, 3.63) is 4.88 Å². The minimum absolute atomic E-state index is 0.148. The van der Waals surface area contributed by atoms with E-state index < -0.39 is 0 Å². The second-order valence-corrected chi connectivity index (χ2v) is 5.01. The van der Waals surface area contributed by atoms with E-state index in [1.807, 2.05) is 0 Å². The molecular weight excluding hydrogens is 266 g/mol. The van der Waals surface area contributed by atoms with E-state index in [-0.39, 0.29) is 11.9 Å². The lowest BCUT2D eigenvalue weighted by atomic mass is 10.2. The average Bonchev–Trinajstić information content (AvgIpc) is 2.73. The van der Waals surface area contributed by atoms with Crippen LogP contribution in [0.2, 0.25) is 0 Å². The second kappa shape index (κ2) is 7.20. The third-order valence-electron chi connectivity index (χ3n) is 2.73. The molecule has 1 rings (SSSR count). The topological polar surface area (TPSA) is 85.6 Å². The van der Waals surface area contributed by atoms with Crippen LogP contribution < -0.4 is 21.1 Å². The molecule has 1 unspecified atom stereocenters. The molecule has 7 heteroatoms. The van der Waals surface area contributed by atoms with E-state index in [9.17, 15) is 4.79 Å². The number of carbonyl (C=O) groups is 1. The highest BCUT2D eigenvalue weighted by molar-refractivity contribution is 7.19. The lowest BCUT2D eigenvalue weighted by Gasteiger charge is -2.16. The van der Waals surface area contributed by atoms with Crippen molar-refractivity contribution in [1.29, 1.82) is 0 Å². The Bertz CT molecular complexity index is 434. The summed E-state index contributed by atoms with van der Waals surface area (Å²) in [7, 11) is 4.76. The minimum Gasteiger partial charge on any atom is -0.492 e. The Balaban J connectivity index is 3.03. The van der Waals surface area contributed by atoms with Crippen LogP contribution in [0.4, 0.5) is 10.7 Å². The van der Waals surface area contributed by atoms with Gasteiger partial charge in [0.1, 0.15) is 15.6 Å². The summed E-state index contributed by atoms with van der Waals surface area (Å²) >= 11 is 1.28. The zero-order valence-corrected chi connectivity index (χ0v) is 12.5. The first-order valence-electron chi connectivity index (χ1n) is 6.02. The van der Waals surface area contributed by atoms with E-state index in [0.29, 0.717) is 22.9 Å². The molecule has 1 amide bonds. The monoisotopic (exact) mass is 287 g/mol. The summed E-state index contributed by atoms with van der Waals surface area (Å²) in [5.74, 6) is 0.298. The lowest BCUT2D eigenvalue weighted by molar-refractivity contribution is 0.0967. The maximum Gasteiger partial charge on any atom is 0.263 e. The first-order valence-corrected chi connectivity index (χ1v) is 6.84. The van der Waals surface area contributed by atoms with Gasteiger partial charge in [-0.25, -0.2) is 0 Å². The molecule has 6 nitrogen and oxygen atoms in total. The summed E-state index contributed by atoms with van der Waals surface area (Å²) in [5.41, 5.74) is 6.30. The van der Waals surface area contributed by atoms with Gasteiger partial charge in [0.05, 0.1) is 19.8 Å². The highest BCUT2D eigenvalue weighted by Crippen LogP contribution is 2.42. The van der Waals surface area contributed by atoms with Crippen molar-refractivity contribution in [2.75, 3.05) is 38.9 Å². The molecule has 4 N–H and O–H groups in total. The molecule has 1 aromatic rings. The van der Waals surface area contributed by atoms with Gasteiger partial charge in [0.2, 0.25) is 0 Å². The molecule has 0 saturated carbocycles. The Hall–Kier alpha value is -1.47. The van der Waals surface area contributed by atoms with Gasteiger partial charge in [-0.1, -0.05) is 6.92 Å². The van der Waals surface area contributed by atoms with Crippen LogP contribution in [0.3, 0.4) is 0 Å². The summed E-state index contributed by atoms with van der Waals surface area (Å²) in [5, 5.41) is 6.61. The zero-order valence-electron chi connectivity index (χ0n) is 11.7. The summed E-state index contributed by atoms with van der Waals surface area (Å²) in [4.78, 5) is 12.2. The standard InChI is InChI=1S/C12H21N3O3S/c1-5-7(6-17-3)15-12-9(18-4)8(13)10(19-12)11(16)14-2/h7,15H,5-6,13H2,1-4H3,(H,14,16). The molecule has 0 aliphatic rings. The highest BCUT2D eigenvalue weighted by Gasteiger charge is 2.22. The van der Waals surface area contributed by atoms with Crippen LogP contribution in [-0.4, -0.2) is 39.8 Å². The van der Waals surface area contributed by atoms with Crippen LogP contribution in [0.25, 0.3) is 0 Å². The average molecular weight is 287 g/mol. The van der Waals surface area contributed by atoms with Crippen molar-refractivity contribution >= 4 is 27.9 Å². The van der Waals surface area contributed by atoms with Crippen LogP contribution in [0.1, 0.15) is 23.0 Å². The Morgan fingerprint density at radius 3 is 2.63 bits per heavy atom. The number of hydrogen-bond acceptors (Lipinski definition) is 6. The minimum atomic E-state index is -0.214. The van der Waals surface area contributed by atoms with Gasteiger partial charge in [-0.3, -0.25) is 4.79 Å². The molecule has 0 aliphatic heterocycles. The van der Waals surface area contributed by atoms with Crippen LogP contribution in [0, 0.1) is 0 Å². The van der Waals surface area contributed by atoms with E-state index in [4.69, 9.17) is 15.2 Å². The number of nitrogens with two attached hydrogens (primary N) is 1. The number of ether oxygens (including phenoxy) is 2. The molecule has 0 aliphatic carbocycles. The van der Waals surface area contributed by atoms with Crippen molar-refractivity contribution < 1.29 is 14.3 Å². The molecule has 0 spiro atoms.